The van der Waals surface area contributed by atoms with E-state index in [-0.39, 0.29) is 18.0 Å². The quantitative estimate of drug-likeness (QED) is 0.712. The number of ether oxygens (including phenoxy) is 1. The van der Waals surface area contributed by atoms with Crippen molar-refractivity contribution in [3.05, 3.63) is 34.2 Å². The van der Waals surface area contributed by atoms with Crippen molar-refractivity contribution in [2.45, 2.75) is 13.5 Å². The fraction of sp³-hybridized carbons (Fsp3) is 0.455. The predicted octanol–water partition coefficient (Wildman–Crippen LogP) is -0.0807. The van der Waals surface area contributed by atoms with Gasteiger partial charge in [0.15, 0.2) is 0 Å². The van der Waals surface area contributed by atoms with Gasteiger partial charge in [0, 0.05) is 25.9 Å². The van der Waals surface area contributed by atoms with Gasteiger partial charge in [-0.2, -0.15) is 0 Å². The maximum Gasteiger partial charge on any atom is 0.251 e. The first-order chi connectivity index (χ1) is 7.63. The average Bonchev–Trinajstić information content (AvgIpc) is 2.23. The van der Waals surface area contributed by atoms with Gasteiger partial charge in [-0.25, -0.2) is 0 Å². The van der Waals surface area contributed by atoms with Gasteiger partial charge in [-0.05, 0) is 18.6 Å². The maximum absolute atomic E-state index is 11.5. The van der Waals surface area contributed by atoms with Gasteiger partial charge in [-0.3, -0.25) is 9.59 Å². The number of methoxy groups -OCH3 is 1. The summed E-state index contributed by atoms with van der Waals surface area (Å²) in [6.45, 7) is 2.80. The van der Waals surface area contributed by atoms with E-state index < -0.39 is 0 Å². The molecule has 88 valence electrons. The second-order valence-electron chi connectivity index (χ2n) is 3.51. The number of nitrogens with zero attached hydrogens (tertiary/aromatic N) is 1. The van der Waals surface area contributed by atoms with Crippen LogP contribution in [0.4, 0.5) is 0 Å². The van der Waals surface area contributed by atoms with E-state index in [1.54, 1.807) is 19.4 Å². The third kappa shape index (κ3) is 3.86. The fourth-order valence-electron chi connectivity index (χ4n) is 1.24. The summed E-state index contributed by atoms with van der Waals surface area (Å²) < 4.78 is 6.17. The lowest BCUT2D eigenvalue weighted by molar-refractivity contribution is -0.121. The van der Waals surface area contributed by atoms with E-state index in [1.165, 1.54) is 10.6 Å². The van der Waals surface area contributed by atoms with E-state index in [0.717, 1.165) is 5.56 Å². The molecule has 0 fully saturated rings. The standard InChI is InChI=1S/C11H16N2O3/c1-9-3-5-13(11(15)7-9)8-10(14)12-4-6-16-2/h3,5,7H,4,6,8H2,1-2H3,(H,12,14). The van der Waals surface area contributed by atoms with E-state index in [0.29, 0.717) is 13.2 Å². The van der Waals surface area contributed by atoms with Crippen LogP contribution in [0.25, 0.3) is 0 Å². The van der Waals surface area contributed by atoms with Crippen molar-refractivity contribution in [3.63, 3.8) is 0 Å². The largest absolute Gasteiger partial charge is 0.383 e. The number of rotatable bonds is 5. The minimum atomic E-state index is -0.192. The van der Waals surface area contributed by atoms with Crippen LogP contribution in [0, 0.1) is 6.92 Å². The molecule has 0 atom stereocenters. The fourth-order valence-corrected chi connectivity index (χ4v) is 1.24. The summed E-state index contributed by atoms with van der Waals surface area (Å²) in [6.07, 6.45) is 1.62. The molecule has 1 aromatic heterocycles. The number of nitrogens with one attached hydrogen (secondary N) is 1. The zero-order chi connectivity index (χ0) is 12.0. The van der Waals surface area contributed by atoms with E-state index in [2.05, 4.69) is 5.32 Å². The molecule has 5 heteroatoms. The smallest absolute Gasteiger partial charge is 0.251 e. The Hall–Kier alpha value is -1.62. The van der Waals surface area contributed by atoms with Gasteiger partial charge in [-0.15, -0.1) is 0 Å². The minimum Gasteiger partial charge on any atom is -0.383 e. The molecule has 16 heavy (non-hydrogen) atoms. The summed E-state index contributed by atoms with van der Waals surface area (Å²) in [6, 6.07) is 3.30. The topological polar surface area (TPSA) is 60.3 Å². The number of pyridine rings is 1. The highest BCUT2D eigenvalue weighted by Crippen LogP contribution is 1.90. The van der Waals surface area contributed by atoms with Crippen molar-refractivity contribution in [1.29, 1.82) is 0 Å². The summed E-state index contributed by atoms with van der Waals surface area (Å²) in [5.74, 6) is -0.192. The number of aromatic nitrogens is 1. The van der Waals surface area contributed by atoms with Crippen LogP contribution in [0.2, 0.25) is 0 Å². The Labute approximate surface area is 94.0 Å². The van der Waals surface area contributed by atoms with Crippen LogP contribution in [0.1, 0.15) is 5.56 Å². The molecule has 0 aromatic carbocycles. The van der Waals surface area contributed by atoms with Gasteiger partial charge in [0.2, 0.25) is 5.91 Å². The molecule has 1 rings (SSSR count). The van der Waals surface area contributed by atoms with Crippen molar-refractivity contribution in [3.8, 4) is 0 Å². The van der Waals surface area contributed by atoms with Gasteiger partial charge in [0.25, 0.3) is 5.56 Å². The molecule has 0 aliphatic carbocycles. The lowest BCUT2D eigenvalue weighted by atomic mass is 10.3. The maximum atomic E-state index is 11.5. The molecular weight excluding hydrogens is 208 g/mol. The van der Waals surface area contributed by atoms with Crippen molar-refractivity contribution in [2.75, 3.05) is 20.3 Å². The van der Waals surface area contributed by atoms with Gasteiger partial charge < -0.3 is 14.6 Å². The number of carbonyl (C=O) groups is 1. The van der Waals surface area contributed by atoms with Crippen LogP contribution in [0.5, 0.6) is 0 Å². The van der Waals surface area contributed by atoms with Crippen LogP contribution < -0.4 is 10.9 Å². The number of amides is 1. The molecule has 1 aromatic rings. The second kappa shape index (κ2) is 6.07. The average molecular weight is 224 g/mol. The highest BCUT2D eigenvalue weighted by molar-refractivity contribution is 5.75. The summed E-state index contributed by atoms with van der Waals surface area (Å²) in [7, 11) is 1.57. The van der Waals surface area contributed by atoms with E-state index in [9.17, 15) is 9.59 Å². The molecule has 0 unspecified atom stereocenters. The Bertz CT molecular complexity index is 412. The zero-order valence-electron chi connectivity index (χ0n) is 9.53. The van der Waals surface area contributed by atoms with Crippen molar-refractivity contribution in [2.24, 2.45) is 0 Å². The Morgan fingerprint density at radius 3 is 2.94 bits per heavy atom. The van der Waals surface area contributed by atoms with Crippen LogP contribution in [-0.2, 0) is 16.1 Å². The van der Waals surface area contributed by atoms with Crippen LogP contribution in [-0.4, -0.2) is 30.7 Å². The summed E-state index contributed by atoms with van der Waals surface area (Å²) in [4.78, 5) is 22.9. The normalized spacial score (nSPS) is 10.1. The Morgan fingerprint density at radius 1 is 1.56 bits per heavy atom. The molecule has 1 heterocycles. The molecule has 0 radical (unpaired) electrons. The molecule has 0 spiro atoms. The first kappa shape index (κ1) is 12.4. The molecule has 0 aliphatic rings. The second-order valence-corrected chi connectivity index (χ2v) is 3.51. The number of aryl methyl sites for hydroxylation is 1. The van der Waals surface area contributed by atoms with Crippen molar-refractivity contribution in [1.82, 2.24) is 9.88 Å². The number of carbonyl (C=O) groups excluding carboxylic acids is 1. The molecule has 0 saturated heterocycles. The van der Waals surface area contributed by atoms with Crippen LogP contribution >= 0.6 is 0 Å². The monoisotopic (exact) mass is 224 g/mol. The minimum absolute atomic E-state index is 0.0445. The van der Waals surface area contributed by atoms with E-state index in [4.69, 9.17) is 4.74 Å². The highest BCUT2D eigenvalue weighted by atomic mass is 16.5. The predicted molar refractivity (Wildman–Crippen MR) is 60.3 cm³/mol. The van der Waals surface area contributed by atoms with E-state index in [1.807, 2.05) is 6.92 Å². The Kier molecular flexibility index (Phi) is 4.72. The summed E-state index contributed by atoms with van der Waals surface area (Å²) in [5, 5.41) is 2.65. The molecule has 5 nitrogen and oxygen atoms in total. The highest BCUT2D eigenvalue weighted by Gasteiger charge is 2.03. The molecule has 0 bridgehead atoms. The lowest BCUT2D eigenvalue weighted by Crippen LogP contribution is -2.33. The molecular formula is C11H16N2O3. The number of hydrogen-bond acceptors (Lipinski definition) is 3. The van der Waals surface area contributed by atoms with Gasteiger partial charge in [-0.1, -0.05) is 0 Å². The van der Waals surface area contributed by atoms with Gasteiger partial charge in [0.1, 0.15) is 6.54 Å². The first-order valence-electron chi connectivity index (χ1n) is 5.06. The van der Waals surface area contributed by atoms with Crippen LogP contribution in [0.15, 0.2) is 23.1 Å². The van der Waals surface area contributed by atoms with Crippen LogP contribution in [0.3, 0.4) is 0 Å². The summed E-state index contributed by atoms with van der Waals surface area (Å²) in [5.41, 5.74) is 0.725. The van der Waals surface area contributed by atoms with Crippen molar-refractivity contribution >= 4 is 5.91 Å². The van der Waals surface area contributed by atoms with Crippen molar-refractivity contribution < 1.29 is 9.53 Å². The SMILES string of the molecule is COCCNC(=O)Cn1ccc(C)cc1=O. The molecule has 1 N–H and O–H groups in total. The zero-order valence-corrected chi connectivity index (χ0v) is 9.53. The Morgan fingerprint density at radius 2 is 2.31 bits per heavy atom. The van der Waals surface area contributed by atoms with E-state index >= 15 is 0 Å². The third-order valence-corrected chi connectivity index (χ3v) is 2.09. The first-order valence-corrected chi connectivity index (χ1v) is 5.06. The van der Waals surface area contributed by atoms with Gasteiger partial charge in [0.05, 0.1) is 6.61 Å². The Balaban J connectivity index is 2.53. The lowest BCUT2D eigenvalue weighted by Gasteiger charge is -2.06. The molecule has 0 saturated carbocycles. The summed E-state index contributed by atoms with van der Waals surface area (Å²) >= 11 is 0. The third-order valence-electron chi connectivity index (χ3n) is 2.09. The molecule has 0 aliphatic heterocycles. The number of hydrogen-bond donors (Lipinski definition) is 1. The molecule has 1 amide bonds. The van der Waals surface area contributed by atoms with Gasteiger partial charge >= 0.3 is 0 Å².